The predicted molar refractivity (Wildman–Crippen MR) is 81.9 cm³/mol. The van der Waals surface area contributed by atoms with Crippen LogP contribution in [0.4, 0.5) is 0 Å². The molecule has 1 fully saturated rings. The number of hydrogen-bond donors (Lipinski definition) is 3. The molecule has 5 nitrogen and oxygen atoms in total. The molecule has 1 aliphatic rings. The number of carbonyl (C=O) groups excluding carboxylic acids is 2. The van der Waals surface area contributed by atoms with Crippen molar-refractivity contribution in [3.8, 4) is 0 Å². The zero-order valence-corrected chi connectivity index (χ0v) is 12.4. The molecule has 0 spiro atoms. The summed E-state index contributed by atoms with van der Waals surface area (Å²) in [6, 6.07) is 7.32. The highest BCUT2D eigenvalue weighted by Crippen LogP contribution is 2.11. The van der Waals surface area contributed by atoms with Crippen LogP contribution in [0.2, 0.25) is 0 Å². The average molecular weight is 289 g/mol. The fourth-order valence-electron chi connectivity index (χ4n) is 2.45. The van der Waals surface area contributed by atoms with E-state index < -0.39 is 0 Å². The van der Waals surface area contributed by atoms with Gasteiger partial charge in [-0.25, -0.2) is 0 Å². The second-order valence-electron chi connectivity index (χ2n) is 5.51. The van der Waals surface area contributed by atoms with Crippen molar-refractivity contribution in [1.29, 1.82) is 0 Å². The minimum absolute atomic E-state index is 0.0352. The highest BCUT2D eigenvalue weighted by Gasteiger charge is 2.14. The number of hydrogen-bond acceptors (Lipinski definition) is 3. The van der Waals surface area contributed by atoms with E-state index in [1.807, 2.05) is 12.1 Å². The van der Waals surface area contributed by atoms with E-state index in [4.69, 9.17) is 0 Å². The van der Waals surface area contributed by atoms with Gasteiger partial charge >= 0.3 is 0 Å². The van der Waals surface area contributed by atoms with Gasteiger partial charge in [-0.05, 0) is 49.5 Å². The Labute approximate surface area is 125 Å². The van der Waals surface area contributed by atoms with Gasteiger partial charge in [-0.3, -0.25) is 9.59 Å². The van der Waals surface area contributed by atoms with Gasteiger partial charge in [-0.2, -0.15) is 0 Å². The summed E-state index contributed by atoms with van der Waals surface area (Å²) in [5.41, 5.74) is 1.64. The van der Waals surface area contributed by atoms with E-state index in [1.54, 1.807) is 12.1 Å². The second-order valence-corrected chi connectivity index (χ2v) is 5.51. The van der Waals surface area contributed by atoms with Crippen molar-refractivity contribution in [3.63, 3.8) is 0 Å². The first kappa shape index (κ1) is 15.5. The van der Waals surface area contributed by atoms with Crippen molar-refractivity contribution < 1.29 is 9.59 Å². The minimum atomic E-state index is -0.0572. The van der Waals surface area contributed by atoms with E-state index in [9.17, 15) is 9.59 Å². The maximum atomic E-state index is 12.0. The van der Waals surface area contributed by atoms with Crippen molar-refractivity contribution in [2.24, 2.45) is 5.92 Å². The summed E-state index contributed by atoms with van der Waals surface area (Å²) in [5, 5.41) is 9.02. The van der Waals surface area contributed by atoms with Gasteiger partial charge in [0.05, 0.1) is 0 Å². The van der Waals surface area contributed by atoms with E-state index in [0.29, 0.717) is 18.0 Å². The Kier molecular flexibility index (Phi) is 5.75. The van der Waals surface area contributed by atoms with Gasteiger partial charge in [0.25, 0.3) is 5.91 Å². The van der Waals surface area contributed by atoms with E-state index in [-0.39, 0.29) is 11.8 Å². The topological polar surface area (TPSA) is 70.2 Å². The minimum Gasteiger partial charge on any atom is -0.352 e. The van der Waals surface area contributed by atoms with Crippen LogP contribution in [0.3, 0.4) is 0 Å². The maximum Gasteiger partial charge on any atom is 0.251 e. The fourth-order valence-corrected chi connectivity index (χ4v) is 2.45. The predicted octanol–water partition coefficient (Wildman–Crippen LogP) is 1.05. The van der Waals surface area contributed by atoms with Crippen LogP contribution in [-0.2, 0) is 11.3 Å². The molecule has 0 saturated carbocycles. The normalized spacial score (nSPS) is 17.5. The van der Waals surface area contributed by atoms with Crippen LogP contribution in [0.25, 0.3) is 0 Å². The first-order valence-electron chi connectivity index (χ1n) is 7.47. The molecule has 1 saturated heterocycles. The summed E-state index contributed by atoms with van der Waals surface area (Å²) in [7, 11) is 0. The summed E-state index contributed by atoms with van der Waals surface area (Å²) >= 11 is 0. The van der Waals surface area contributed by atoms with Crippen LogP contribution in [-0.4, -0.2) is 31.4 Å². The number of benzene rings is 1. The van der Waals surface area contributed by atoms with Crippen LogP contribution in [0.15, 0.2) is 24.3 Å². The van der Waals surface area contributed by atoms with Crippen molar-refractivity contribution in [2.75, 3.05) is 19.6 Å². The SMILES string of the molecule is CC(=O)NCc1ccc(C(=O)NCCC2CCNC2)cc1. The number of rotatable bonds is 6. The standard InChI is InChI=1S/C16H23N3O2/c1-12(20)19-11-13-2-4-15(5-3-13)16(21)18-9-7-14-6-8-17-10-14/h2-5,14,17H,6-11H2,1H3,(H,18,21)(H,19,20). The summed E-state index contributed by atoms with van der Waals surface area (Å²) < 4.78 is 0. The molecule has 3 N–H and O–H groups in total. The molecule has 1 unspecified atom stereocenters. The summed E-state index contributed by atoms with van der Waals surface area (Å²) in [6.45, 7) is 4.86. The van der Waals surface area contributed by atoms with Crippen LogP contribution in [0, 0.1) is 5.92 Å². The molecule has 1 heterocycles. The van der Waals surface area contributed by atoms with Gasteiger partial charge in [0.1, 0.15) is 0 Å². The molecule has 0 radical (unpaired) electrons. The first-order chi connectivity index (χ1) is 10.1. The van der Waals surface area contributed by atoms with Crippen LogP contribution in [0.1, 0.15) is 35.7 Å². The average Bonchev–Trinajstić information content (AvgIpc) is 2.99. The molecule has 1 aromatic carbocycles. The summed E-state index contributed by atoms with van der Waals surface area (Å²) in [4.78, 5) is 22.8. The monoisotopic (exact) mass is 289 g/mol. The van der Waals surface area contributed by atoms with Gasteiger partial charge in [0.15, 0.2) is 0 Å². The lowest BCUT2D eigenvalue weighted by atomic mass is 10.1. The Morgan fingerprint density at radius 1 is 1.24 bits per heavy atom. The molecule has 1 aromatic rings. The quantitative estimate of drug-likeness (QED) is 0.733. The number of nitrogens with one attached hydrogen (secondary N) is 3. The van der Waals surface area contributed by atoms with Gasteiger partial charge in [0.2, 0.25) is 5.91 Å². The lowest BCUT2D eigenvalue weighted by Crippen LogP contribution is -2.26. The van der Waals surface area contributed by atoms with Crippen molar-refractivity contribution in [2.45, 2.75) is 26.3 Å². The first-order valence-corrected chi connectivity index (χ1v) is 7.47. The fraction of sp³-hybridized carbons (Fsp3) is 0.500. The lowest BCUT2D eigenvalue weighted by molar-refractivity contribution is -0.119. The van der Waals surface area contributed by atoms with E-state index in [2.05, 4.69) is 16.0 Å². The zero-order chi connectivity index (χ0) is 15.1. The molecule has 1 atom stereocenters. The third kappa shape index (κ3) is 5.19. The molecule has 5 heteroatoms. The molecule has 1 aliphatic heterocycles. The highest BCUT2D eigenvalue weighted by atomic mass is 16.2. The Hall–Kier alpha value is -1.88. The molecule has 2 amide bonds. The van der Waals surface area contributed by atoms with Gasteiger partial charge in [-0.15, -0.1) is 0 Å². The summed E-state index contributed by atoms with van der Waals surface area (Å²) in [6.07, 6.45) is 2.23. The Bertz CT molecular complexity index is 479. The van der Waals surface area contributed by atoms with Crippen molar-refractivity contribution in [3.05, 3.63) is 35.4 Å². The van der Waals surface area contributed by atoms with Gasteiger partial charge < -0.3 is 16.0 Å². The zero-order valence-electron chi connectivity index (χ0n) is 12.4. The third-order valence-electron chi connectivity index (χ3n) is 3.76. The Morgan fingerprint density at radius 3 is 2.62 bits per heavy atom. The van der Waals surface area contributed by atoms with Crippen LogP contribution >= 0.6 is 0 Å². The van der Waals surface area contributed by atoms with Crippen molar-refractivity contribution in [1.82, 2.24) is 16.0 Å². The summed E-state index contributed by atoms with van der Waals surface area (Å²) in [5.74, 6) is 0.593. The van der Waals surface area contributed by atoms with Gasteiger partial charge in [0, 0.05) is 25.6 Å². The van der Waals surface area contributed by atoms with Crippen LogP contribution < -0.4 is 16.0 Å². The molecule has 0 bridgehead atoms. The smallest absolute Gasteiger partial charge is 0.251 e. The van der Waals surface area contributed by atoms with Gasteiger partial charge in [-0.1, -0.05) is 12.1 Å². The van der Waals surface area contributed by atoms with E-state index in [1.165, 1.54) is 13.3 Å². The molecule has 0 aromatic heterocycles. The van der Waals surface area contributed by atoms with E-state index in [0.717, 1.165) is 31.6 Å². The Balaban J connectivity index is 1.75. The number of carbonyl (C=O) groups is 2. The lowest BCUT2D eigenvalue weighted by Gasteiger charge is -2.10. The second kappa shape index (κ2) is 7.78. The Morgan fingerprint density at radius 2 is 2.00 bits per heavy atom. The highest BCUT2D eigenvalue weighted by molar-refractivity contribution is 5.94. The molecule has 2 rings (SSSR count). The molecular weight excluding hydrogens is 266 g/mol. The molecule has 21 heavy (non-hydrogen) atoms. The number of amides is 2. The van der Waals surface area contributed by atoms with Crippen molar-refractivity contribution >= 4 is 11.8 Å². The van der Waals surface area contributed by atoms with E-state index >= 15 is 0 Å². The maximum absolute atomic E-state index is 12.0. The molecule has 114 valence electrons. The largest absolute Gasteiger partial charge is 0.352 e. The molecular formula is C16H23N3O2. The third-order valence-corrected chi connectivity index (χ3v) is 3.76. The molecule has 0 aliphatic carbocycles. The van der Waals surface area contributed by atoms with Crippen LogP contribution in [0.5, 0.6) is 0 Å².